The average molecular weight is 375 g/mol. The molecular weight excluding hydrogens is 340 g/mol. The summed E-state index contributed by atoms with van der Waals surface area (Å²) >= 11 is 0. The first kappa shape index (κ1) is 21.1. The van der Waals surface area contributed by atoms with Crippen LogP contribution in [0.3, 0.4) is 0 Å². The highest BCUT2D eigenvalue weighted by Crippen LogP contribution is 2.30. The highest BCUT2D eigenvalue weighted by atomic mass is 16.5. The van der Waals surface area contributed by atoms with Crippen molar-refractivity contribution in [2.45, 2.75) is 52.5 Å². The van der Waals surface area contributed by atoms with Gasteiger partial charge in [-0.1, -0.05) is 38.3 Å². The van der Waals surface area contributed by atoms with Crippen LogP contribution in [-0.2, 0) is 11.3 Å². The molecule has 2 rings (SSSR count). The monoisotopic (exact) mass is 374 g/mol. The highest BCUT2D eigenvalue weighted by molar-refractivity contribution is 5.79. The fourth-order valence-electron chi connectivity index (χ4n) is 3.62. The molecule has 1 aromatic carbocycles. The Hall–Kier alpha value is -2.24. The minimum Gasteiger partial charge on any atom is -0.484 e. The Kier molecular flexibility index (Phi) is 8.95. The summed E-state index contributed by atoms with van der Waals surface area (Å²) in [5, 5.41) is 6.75. The molecule has 6 nitrogen and oxygen atoms in total. The lowest BCUT2D eigenvalue weighted by molar-refractivity contribution is -0.119. The molecule has 6 heteroatoms. The Labute approximate surface area is 163 Å². The maximum atomic E-state index is 10.8. The molecule has 0 bridgehead atoms. The predicted octanol–water partition coefficient (Wildman–Crippen LogP) is 2.82. The molecule has 1 fully saturated rings. The second-order valence-corrected chi connectivity index (χ2v) is 7.45. The molecule has 4 N–H and O–H groups in total. The lowest BCUT2D eigenvalue weighted by Crippen LogP contribution is -2.38. The third kappa shape index (κ3) is 8.33. The SMILES string of the molecule is CCNC(=NCc1cccc(OCC(N)=O)c1)NCCC1CCCC(C)C1. The summed E-state index contributed by atoms with van der Waals surface area (Å²) in [6.07, 6.45) is 6.67. The molecule has 2 unspecified atom stereocenters. The van der Waals surface area contributed by atoms with E-state index in [-0.39, 0.29) is 6.61 Å². The van der Waals surface area contributed by atoms with Crippen molar-refractivity contribution in [2.24, 2.45) is 22.6 Å². The van der Waals surface area contributed by atoms with Crippen LogP contribution in [0.2, 0.25) is 0 Å². The molecule has 0 aromatic heterocycles. The van der Waals surface area contributed by atoms with E-state index in [9.17, 15) is 4.79 Å². The molecule has 0 spiro atoms. The second-order valence-electron chi connectivity index (χ2n) is 7.45. The maximum Gasteiger partial charge on any atom is 0.255 e. The molecule has 1 aliphatic rings. The van der Waals surface area contributed by atoms with Crippen molar-refractivity contribution in [3.05, 3.63) is 29.8 Å². The molecule has 2 atom stereocenters. The number of carbonyl (C=O) groups excluding carboxylic acids is 1. The Morgan fingerprint density at radius 2 is 2.19 bits per heavy atom. The van der Waals surface area contributed by atoms with Gasteiger partial charge in [0.05, 0.1) is 6.54 Å². The van der Waals surface area contributed by atoms with Gasteiger partial charge in [-0.2, -0.15) is 0 Å². The van der Waals surface area contributed by atoms with Crippen LogP contribution in [0.25, 0.3) is 0 Å². The van der Waals surface area contributed by atoms with Gasteiger partial charge in [-0.15, -0.1) is 0 Å². The van der Waals surface area contributed by atoms with Crippen LogP contribution in [-0.4, -0.2) is 31.6 Å². The molecule has 0 heterocycles. The van der Waals surface area contributed by atoms with Crippen LogP contribution in [0.15, 0.2) is 29.3 Å². The molecule has 1 amide bonds. The van der Waals surface area contributed by atoms with E-state index in [1.807, 2.05) is 24.3 Å². The fourth-order valence-corrected chi connectivity index (χ4v) is 3.62. The standard InChI is InChI=1S/C21H34N4O2/c1-3-23-21(24-11-10-17-7-4-6-16(2)12-17)25-14-18-8-5-9-19(13-18)27-15-20(22)26/h5,8-9,13,16-17H,3-4,6-7,10-12,14-15H2,1-2H3,(H2,22,26)(H2,23,24,25). The van der Waals surface area contributed by atoms with Crippen LogP contribution >= 0.6 is 0 Å². The maximum absolute atomic E-state index is 10.8. The largest absolute Gasteiger partial charge is 0.484 e. The topological polar surface area (TPSA) is 88.7 Å². The zero-order valence-electron chi connectivity index (χ0n) is 16.7. The number of hydrogen-bond donors (Lipinski definition) is 3. The average Bonchev–Trinajstić information content (AvgIpc) is 2.65. The first-order valence-corrected chi connectivity index (χ1v) is 10.1. The number of ether oxygens (including phenoxy) is 1. The summed E-state index contributed by atoms with van der Waals surface area (Å²) in [5.41, 5.74) is 6.14. The molecular formula is C21H34N4O2. The first-order valence-electron chi connectivity index (χ1n) is 10.1. The Balaban J connectivity index is 1.83. The van der Waals surface area contributed by atoms with E-state index in [0.29, 0.717) is 12.3 Å². The third-order valence-corrected chi connectivity index (χ3v) is 4.93. The number of nitrogens with two attached hydrogens (primary N) is 1. The number of primary amides is 1. The lowest BCUT2D eigenvalue weighted by Gasteiger charge is -2.26. The summed E-state index contributed by atoms with van der Waals surface area (Å²) < 4.78 is 5.35. The first-order chi connectivity index (χ1) is 13.1. The van der Waals surface area contributed by atoms with Gasteiger partial charge in [0.15, 0.2) is 12.6 Å². The van der Waals surface area contributed by atoms with Crippen molar-refractivity contribution in [3.8, 4) is 5.75 Å². The van der Waals surface area contributed by atoms with Gasteiger partial charge in [-0.05, 0) is 49.3 Å². The number of aliphatic imine (C=N–C) groups is 1. The van der Waals surface area contributed by atoms with Gasteiger partial charge in [0, 0.05) is 13.1 Å². The summed E-state index contributed by atoms with van der Waals surface area (Å²) in [7, 11) is 0. The second kappa shape index (κ2) is 11.5. The molecule has 0 radical (unpaired) electrons. The summed E-state index contributed by atoms with van der Waals surface area (Å²) in [4.78, 5) is 15.5. The van der Waals surface area contributed by atoms with Crippen molar-refractivity contribution in [1.29, 1.82) is 0 Å². The molecule has 1 aliphatic carbocycles. The van der Waals surface area contributed by atoms with Gasteiger partial charge < -0.3 is 21.1 Å². The predicted molar refractivity (Wildman–Crippen MR) is 110 cm³/mol. The number of guanidine groups is 1. The number of rotatable bonds is 9. The molecule has 150 valence electrons. The van der Waals surface area contributed by atoms with Crippen LogP contribution < -0.4 is 21.1 Å². The molecule has 1 aromatic rings. The Morgan fingerprint density at radius 3 is 2.93 bits per heavy atom. The van der Waals surface area contributed by atoms with Gasteiger partial charge in [-0.25, -0.2) is 4.99 Å². The minimum atomic E-state index is -0.482. The third-order valence-electron chi connectivity index (χ3n) is 4.93. The van der Waals surface area contributed by atoms with Crippen molar-refractivity contribution in [1.82, 2.24) is 10.6 Å². The fraction of sp³-hybridized carbons (Fsp3) is 0.619. The van der Waals surface area contributed by atoms with Crippen LogP contribution in [0.1, 0.15) is 51.5 Å². The van der Waals surface area contributed by atoms with Gasteiger partial charge >= 0.3 is 0 Å². The van der Waals surface area contributed by atoms with Gasteiger partial charge in [0.1, 0.15) is 5.75 Å². The zero-order valence-corrected chi connectivity index (χ0v) is 16.7. The van der Waals surface area contributed by atoms with E-state index < -0.39 is 5.91 Å². The number of carbonyl (C=O) groups is 1. The van der Waals surface area contributed by atoms with Gasteiger partial charge in [-0.3, -0.25) is 4.79 Å². The lowest BCUT2D eigenvalue weighted by atomic mass is 9.81. The van der Waals surface area contributed by atoms with E-state index in [0.717, 1.165) is 36.4 Å². The van der Waals surface area contributed by atoms with E-state index in [1.165, 1.54) is 32.1 Å². The molecule has 0 saturated heterocycles. The quantitative estimate of drug-likeness (QED) is 0.458. The Morgan fingerprint density at radius 1 is 1.33 bits per heavy atom. The van der Waals surface area contributed by atoms with E-state index in [1.54, 1.807) is 0 Å². The molecule has 27 heavy (non-hydrogen) atoms. The number of nitrogens with one attached hydrogen (secondary N) is 2. The van der Waals surface area contributed by atoms with E-state index in [4.69, 9.17) is 10.5 Å². The normalized spacial score (nSPS) is 20.1. The van der Waals surface area contributed by atoms with Crippen molar-refractivity contribution < 1.29 is 9.53 Å². The summed E-state index contributed by atoms with van der Waals surface area (Å²) in [6.45, 7) is 6.64. The van der Waals surface area contributed by atoms with Gasteiger partial charge in [0.2, 0.25) is 0 Å². The minimum absolute atomic E-state index is 0.114. The molecule has 1 saturated carbocycles. The van der Waals surface area contributed by atoms with Crippen molar-refractivity contribution in [3.63, 3.8) is 0 Å². The zero-order chi connectivity index (χ0) is 19.5. The van der Waals surface area contributed by atoms with Crippen LogP contribution in [0, 0.1) is 11.8 Å². The molecule has 0 aliphatic heterocycles. The number of amides is 1. The van der Waals surface area contributed by atoms with Crippen LogP contribution in [0.5, 0.6) is 5.75 Å². The smallest absolute Gasteiger partial charge is 0.255 e. The van der Waals surface area contributed by atoms with Crippen molar-refractivity contribution in [2.75, 3.05) is 19.7 Å². The number of nitrogens with zero attached hydrogens (tertiary/aromatic N) is 1. The highest BCUT2D eigenvalue weighted by Gasteiger charge is 2.18. The summed E-state index contributed by atoms with van der Waals surface area (Å²) in [5.74, 6) is 2.69. The van der Waals surface area contributed by atoms with Crippen molar-refractivity contribution >= 4 is 11.9 Å². The Bertz CT molecular complexity index is 618. The van der Waals surface area contributed by atoms with Crippen LogP contribution in [0.4, 0.5) is 0 Å². The number of hydrogen-bond acceptors (Lipinski definition) is 3. The number of benzene rings is 1. The van der Waals surface area contributed by atoms with E-state index in [2.05, 4.69) is 29.5 Å². The van der Waals surface area contributed by atoms with Gasteiger partial charge in [0.25, 0.3) is 5.91 Å². The summed E-state index contributed by atoms with van der Waals surface area (Å²) in [6, 6.07) is 7.59. The van der Waals surface area contributed by atoms with E-state index >= 15 is 0 Å².